The van der Waals surface area contributed by atoms with Gasteiger partial charge in [-0.05, 0) is 12.5 Å². The molecule has 1 fully saturated rings. The molecule has 0 bridgehead atoms. The fourth-order valence-corrected chi connectivity index (χ4v) is 2.78. The number of carbonyl (C=O) groups excluding carboxylic acids is 2. The first kappa shape index (κ1) is 13.0. The molecule has 1 saturated heterocycles. The van der Waals surface area contributed by atoms with Gasteiger partial charge in [0.1, 0.15) is 5.75 Å². The first-order chi connectivity index (χ1) is 9.74. The average Bonchev–Trinajstić information content (AvgIpc) is 2.85. The van der Waals surface area contributed by atoms with Crippen LogP contribution in [-0.4, -0.2) is 36.4 Å². The molecule has 1 unspecified atom stereocenters. The minimum Gasteiger partial charge on any atom is -0.493 e. The minimum atomic E-state index is -0.0954. The molecule has 5 heteroatoms. The number of para-hydroxylation sites is 1. The largest absolute Gasteiger partial charge is 0.493 e. The zero-order valence-corrected chi connectivity index (χ0v) is 11.3. The molecule has 2 heterocycles. The molecular weight excluding hydrogens is 256 g/mol. The lowest BCUT2D eigenvalue weighted by molar-refractivity contribution is -0.133. The van der Waals surface area contributed by atoms with Crippen molar-refractivity contribution in [2.24, 2.45) is 0 Å². The van der Waals surface area contributed by atoms with Crippen LogP contribution in [-0.2, 0) is 9.59 Å². The molecule has 3 rings (SSSR count). The zero-order chi connectivity index (χ0) is 13.9. The van der Waals surface area contributed by atoms with Crippen LogP contribution >= 0.6 is 0 Å². The van der Waals surface area contributed by atoms with E-state index in [4.69, 9.17) is 4.74 Å². The molecule has 2 aliphatic heterocycles. The Morgan fingerprint density at radius 2 is 2.25 bits per heavy atom. The predicted octanol–water partition coefficient (Wildman–Crippen LogP) is 1.25. The Kier molecular flexibility index (Phi) is 3.58. The minimum absolute atomic E-state index is 0.0230. The van der Waals surface area contributed by atoms with E-state index in [1.807, 2.05) is 24.3 Å². The highest BCUT2D eigenvalue weighted by Gasteiger charge is 2.26. The van der Waals surface area contributed by atoms with Gasteiger partial charge in [-0.2, -0.15) is 0 Å². The monoisotopic (exact) mass is 274 g/mol. The Hall–Kier alpha value is -2.04. The molecule has 1 N–H and O–H groups in total. The standard InChI is InChI=1S/C15H18N2O3/c18-14(10-17-8-3-6-15(17)19)16-12-7-9-20-13-5-2-1-4-11(12)13/h1-2,4-5,12H,3,6-10H2,(H,16,18). The van der Waals surface area contributed by atoms with E-state index in [0.29, 0.717) is 19.6 Å². The van der Waals surface area contributed by atoms with Crippen LogP contribution in [0.3, 0.4) is 0 Å². The third kappa shape index (κ3) is 2.61. The fraction of sp³-hybridized carbons (Fsp3) is 0.467. The van der Waals surface area contributed by atoms with Gasteiger partial charge in [-0.15, -0.1) is 0 Å². The SMILES string of the molecule is O=C(CN1CCCC1=O)NC1CCOc2ccccc21. The van der Waals surface area contributed by atoms with Gasteiger partial charge in [-0.25, -0.2) is 0 Å². The third-order valence-electron chi connectivity index (χ3n) is 3.80. The van der Waals surface area contributed by atoms with Gasteiger partial charge in [-0.3, -0.25) is 9.59 Å². The average molecular weight is 274 g/mol. The molecule has 2 aliphatic rings. The predicted molar refractivity (Wildman–Crippen MR) is 73.3 cm³/mol. The normalized spacial score (nSPS) is 21.3. The summed E-state index contributed by atoms with van der Waals surface area (Å²) in [5.41, 5.74) is 1.01. The molecule has 20 heavy (non-hydrogen) atoms. The number of rotatable bonds is 3. The molecular formula is C15H18N2O3. The number of fused-ring (bicyclic) bond motifs is 1. The Morgan fingerprint density at radius 1 is 1.40 bits per heavy atom. The summed E-state index contributed by atoms with van der Waals surface area (Å²) in [6.07, 6.45) is 2.18. The zero-order valence-electron chi connectivity index (χ0n) is 11.3. The van der Waals surface area contributed by atoms with Crippen molar-refractivity contribution in [2.45, 2.75) is 25.3 Å². The van der Waals surface area contributed by atoms with Crippen molar-refractivity contribution in [3.63, 3.8) is 0 Å². The van der Waals surface area contributed by atoms with Gasteiger partial charge in [0.05, 0.1) is 19.2 Å². The molecule has 1 aromatic carbocycles. The number of nitrogens with one attached hydrogen (secondary N) is 1. The van der Waals surface area contributed by atoms with Crippen LogP contribution in [0, 0.1) is 0 Å². The van der Waals surface area contributed by atoms with Gasteiger partial charge in [0.2, 0.25) is 11.8 Å². The van der Waals surface area contributed by atoms with Crippen LogP contribution in [0.15, 0.2) is 24.3 Å². The summed E-state index contributed by atoms with van der Waals surface area (Å²) >= 11 is 0. The molecule has 0 radical (unpaired) electrons. The first-order valence-corrected chi connectivity index (χ1v) is 7.03. The van der Waals surface area contributed by atoms with Crippen LogP contribution in [0.1, 0.15) is 30.9 Å². The van der Waals surface area contributed by atoms with Crippen molar-refractivity contribution < 1.29 is 14.3 Å². The summed E-state index contributed by atoms with van der Waals surface area (Å²) in [6.45, 7) is 1.46. The lowest BCUT2D eigenvalue weighted by Crippen LogP contribution is -2.40. The summed E-state index contributed by atoms with van der Waals surface area (Å²) in [4.78, 5) is 25.2. The summed E-state index contributed by atoms with van der Waals surface area (Å²) in [5, 5.41) is 3.01. The second kappa shape index (κ2) is 5.53. The summed E-state index contributed by atoms with van der Waals surface area (Å²) in [5.74, 6) is 0.816. The number of nitrogens with zero attached hydrogens (tertiary/aromatic N) is 1. The van der Waals surface area contributed by atoms with Crippen molar-refractivity contribution in [2.75, 3.05) is 19.7 Å². The molecule has 0 aromatic heterocycles. The summed E-state index contributed by atoms with van der Waals surface area (Å²) < 4.78 is 5.57. The van der Waals surface area contributed by atoms with Crippen LogP contribution < -0.4 is 10.1 Å². The third-order valence-corrected chi connectivity index (χ3v) is 3.80. The topological polar surface area (TPSA) is 58.6 Å². The maximum Gasteiger partial charge on any atom is 0.240 e. The highest BCUT2D eigenvalue weighted by atomic mass is 16.5. The van der Waals surface area contributed by atoms with Gasteiger partial charge < -0.3 is 15.0 Å². The molecule has 0 spiro atoms. The number of hydrogen-bond acceptors (Lipinski definition) is 3. The van der Waals surface area contributed by atoms with Gasteiger partial charge in [0.25, 0.3) is 0 Å². The molecule has 1 atom stereocenters. The van der Waals surface area contributed by atoms with Crippen LogP contribution in [0.25, 0.3) is 0 Å². The van der Waals surface area contributed by atoms with Crippen molar-refractivity contribution >= 4 is 11.8 Å². The van der Waals surface area contributed by atoms with Crippen LogP contribution in [0.2, 0.25) is 0 Å². The maximum atomic E-state index is 12.1. The number of likely N-dealkylation sites (tertiary alicyclic amines) is 1. The molecule has 5 nitrogen and oxygen atoms in total. The molecule has 2 amide bonds. The van der Waals surface area contributed by atoms with E-state index in [0.717, 1.165) is 24.2 Å². The molecule has 0 aliphatic carbocycles. The first-order valence-electron chi connectivity index (χ1n) is 7.03. The summed E-state index contributed by atoms with van der Waals surface area (Å²) in [6, 6.07) is 7.73. The molecule has 106 valence electrons. The van der Waals surface area contributed by atoms with Crippen molar-refractivity contribution in [3.8, 4) is 5.75 Å². The number of amides is 2. The summed E-state index contributed by atoms with van der Waals surface area (Å²) in [7, 11) is 0. The lowest BCUT2D eigenvalue weighted by atomic mass is 10.0. The number of benzene rings is 1. The highest BCUT2D eigenvalue weighted by Crippen LogP contribution is 2.31. The van der Waals surface area contributed by atoms with E-state index in [-0.39, 0.29) is 24.4 Å². The maximum absolute atomic E-state index is 12.1. The molecule has 0 saturated carbocycles. The Morgan fingerprint density at radius 3 is 3.05 bits per heavy atom. The van der Waals surface area contributed by atoms with Crippen LogP contribution in [0.4, 0.5) is 0 Å². The fourth-order valence-electron chi connectivity index (χ4n) is 2.78. The van der Waals surface area contributed by atoms with Crippen molar-refractivity contribution in [3.05, 3.63) is 29.8 Å². The Bertz CT molecular complexity index is 530. The van der Waals surface area contributed by atoms with E-state index in [2.05, 4.69) is 5.32 Å². The van der Waals surface area contributed by atoms with Crippen LogP contribution in [0.5, 0.6) is 5.75 Å². The van der Waals surface area contributed by atoms with Gasteiger partial charge in [0, 0.05) is 24.9 Å². The van der Waals surface area contributed by atoms with E-state index in [9.17, 15) is 9.59 Å². The Balaban J connectivity index is 1.63. The van der Waals surface area contributed by atoms with Gasteiger partial charge in [-0.1, -0.05) is 18.2 Å². The van der Waals surface area contributed by atoms with Gasteiger partial charge in [0.15, 0.2) is 0 Å². The quantitative estimate of drug-likeness (QED) is 0.902. The highest BCUT2D eigenvalue weighted by molar-refractivity contribution is 5.86. The van der Waals surface area contributed by atoms with E-state index in [1.165, 1.54) is 0 Å². The number of hydrogen-bond donors (Lipinski definition) is 1. The van der Waals surface area contributed by atoms with Crippen molar-refractivity contribution in [1.29, 1.82) is 0 Å². The second-order valence-electron chi connectivity index (χ2n) is 5.21. The smallest absolute Gasteiger partial charge is 0.240 e. The lowest BCUT2D eigenvalue weighted by Gasteiger charge is -2.27. The Labute approximate surface area is 117 Å². The molecule has 1 aromatic rings. The second-order valence-corrected chi connectivity index (χ2v) is 5.21. The van der Waals surface area contributed by atoms with E-state index >= 15 is 0 Å². The van der Waals surface area contributed by atoms with Crippen molar-refractivity contribution in [1.82, 2.24) is 10.2 Å². The number of carbonyl (C=O) groups is 2. The van der Waals surface area contributed by atoms with E-state index in [1.54, 1.807) is 4.90 Å². The van der Waals surface area contributed by atoms with Gasteiger partial charge >= 0.3 is 0 Å². The number of ether oxygens (including phenoxy) is 1. The van der Waals surface area contributed by atoms with E-state index < -0.39 is 0 Å².